The molecule has 0 aromatic heterocycles. The Morgan fingerprint density at radius 2 is 2.00 bits per heavy atom. The second-order valence-corrected chi connectivity index (χ2v) is 8.00. The van der Waals surface area contributed by atoms with E-state index in [9.17, 15) is 18.5 Å². The summed E-state index contributed by atoms with van der Waals surface area (Å²) in [6.45, 7) is 3.58. The smallest absolute Gasteiger partial charge is 0.293 e. The number of nitrogens with one attached hydrogen (secondary N) is 1. The van der Waals surface area contributed by atoms with Crippen LogP contribution in [0.5, 0.6) is 0 Å². The number of sulfone groups is 1. The quantitative estimate of drug-likeness (QED) is 0.643. The van der Waals surface area contributed by atoms with E-state index >= 15 is 0 Å². The molecule has 1 N–H and O–H groups in total. The number of nitrogens with zero attached hydrogens (tertiary/aromatic N) is 1. The molecule has 1 aromatic carbocycles. The summed E-state index contributed by atoms with van der Waals surface area (Å²) >= 11 is 5.74. The van der Waals surface area contributed by atoms with E-state index in [0.29, 0.717) is 12.1 Å². The minimum absolute atomic E-state index is 0.00832. The minimum Gasteiger partial charge on any atom is -0.375 e. The number of anilines is 1. The van der Waals surface area contributed by atoms with Gasteiger partial charge in [0.25, 0.3) is 5.69 Å². The fourth-order valence-corrected chi connectivity index (χ4v) is 2.68. The molecule has 1 rings (SSSR count). The Hall–Kier alpha value is -1.34. The third-order valence-corrected chi connectivity index (χ3v) is 3.91. The summed E-state index contributed by atoms with van der Waals surface area (Å²) in [7, 11) is -3.08. The maximum Gasteiger partial charge on any atom is 0.293 e. The van der Waals surface area contributed by atoms with Crippen molar-refractivity contribution in [1.82, 2.24) is 0 Å². The lowest BCUT2D eigenvalue weighted by atomic mass is 10.0. The van der Waals surface area contributed by atoms with Crippen molar-refractivity contribution >= 4 is 32.8 Å². The molecule has 0 heterocycles. The van der Waals surface area contributed by atoms with E-state index in [1.165, 1.54) is 12.1 Å². The molecule has 0 aliphatic rings. The van der Waals surface area contributed by atoms with E-state index in [1.807, 2.05) is 0 Å². The van der Waals surface area contributed by atoms with Crippen LogP contribution in [-0.2, 0) is 9.84 Å². The normalized spacial score (nSPS) is 12.2. The molecule has 0 aliphatic carbocycles. The van der Waals surface area contributed by atoms with Crippen LogP contribution >= 0.6 is 11.6 Å². The molecule has 0 atom stereocenters. The molecule has 0 unspecified atom stereocenters. The van der Waals surface area contributed by atoms with Gasteiger partial charge in [-0.3, -0.25) is 10.1 Å². The Balaban J connectivity index is 2.94. The SMILES string of the molecule is CC(C)(CCS(C)(=O)=O)Nc1ccc(Cl)cc1[N+](=O)[O-]. The van der Waals surface area contributed by atoms with Crippen LogP contribution < -0.4 is 5.32 Å². The lowest BCUT2D eigenvalue weighted by Crippen LogP contribution is -2.33. The van der Waals surface area contributed by atoms with Gasteiger partial charge >= 0.3 is 0 Å². The zero-order valence-corrected chi connectivity index (χ0v) is 13.1. The summed E-state index contributed by atoms with van der Waals surface area (Å²) in [6.07, 6.45) is 1.50. The molecule has 0 amide bonds. The molecule has 1 aromatic rings. The lowest BCUT2D eigenvalue weighted by Gasteiger charge is -2.27. The summed E-state index contributed by atoms with van der Waals surface area (Å²) in [5.74, 6) is 0.00832. The standard InChI is InChI=1S/C12H17ClN2O4S/c1-12(2,6-7-20(3,18)19)14-10-5-4-9(13)8-11(10)15(16)17/h4-5,8,14H,6-7H2,1-3H3. The van der Waals surface area contributed by atoms with E-state index in [4.69, 9.17) is 11.6 Å². The monoisotopic (exact) mass is 320 g/mol. The number of nitro benzene ring substituents is 1. The van der Waals surface area contributed by atoms with Gasteiger partial charge in [0.1, 0.15) is 15.5 Å². The Labute approximate surface area is 123 Å². The predicted octanol–water partition coefficient (Wildman–Crippen LogP) is 2.87. The first-order valence-corrected chi connectivity index (χ1v) is 8.34. The molecule has 0 saturated heterocycles. The van der Waals surface area contributed by atoms with Crippen molar-refractivity contribution in [2.24, 2.45) is 0 Å². The van der Waals surface area contributed by atoms with Gasteiger partial charge in [0.05, 0.1) is 10.7 Å². The lowest BCUT2D eigenvalue weighted by molar-refractivity contribution is -0.384. The predicted molar refractivity (Wildman–Crippen MR) is 80.1 cm³/mol. The molecule has 6 nitrogen and oxygen atoms in total. The van der Waals surface area contributed by atoms with Crippen molar-refractivity contribution in [3.8, 4) is 0 Å². The summed E-state index contributed by atoms with van der Waals surface area (Å²) in [5.41, 5.74) is -0.412. The van der Waals surface area contributed by atoms with Crippen molar-refractivity contribution in [2.45, 2.75) is 25.8 Å². The van der Waals surface area contributed by atoms with Crippen LogP contribution in [0.15, 0.2) is 18.2 Å². The molecule has 0 aliphatic heterocycles. The topological polar surface area (TPSA) is 89.3 Å². The first kappa shape index (κ1) is 16.7. The minimum atomic E-state index is -3.08. The Bertz CT molecular complexity index is 614. The van der Waals surface area contributed by atoms with Crippen LogP contribution in [0, 0.1) is 10.1 Å². The highest BCUT2D eigenvalue weighted by Gasteiger charge is 2.24. The van der Waals surface area contributed by atoms with E-state index in [0.717, 1.165) is 6.26 Å². The molecule has 112 valence electrons. The first-order valence-electron chi connectivity index (χ1n) is 5.90. The highest BCUT2D eigenvalue weighted by atomic mass is 35.5. The fraction of sp³-hybridized carbons (Fsp3) is 0.500. The molecule has 20 heavy (non-hydrogen) atoms. The largest absolute Gasteiger partial charge is 0.375 e. The first-order chi connectivity index (χ1) is 9.00. The van der Waals surface area contributed by atoms with Gasteiger partial charge in [0, 0.05) is 22.9 Å². The van der Waals surface area contributed by atoms with Crippen LogP contribution in [0.2, 0.25) is 5.02 Å². The van der Waals surface area contributed by atoms with Crippen molar-refractivity contribution in [1.29, 1.82) is 0 Å². The van der Waals surface area contributed by atoms with Crippen LogP contribution in [0.3, 0.4) is 0 Å². The van der Waals surface area contributed by atoms with E-state index < -0.39 is 20.3 Å². The van der Waals surface area contributed by atoms with Crippen LogP contribution in [0.1, 0.15) is 20.3 Å². The Morgan fingerprint density at radius 1 is 1.40 bits per heavy atom. The Kier molecular flexibility index (Phi) is 4.99. The number of halogens is 1. The van der Waals surface area contributed by atoms with E-state index in [-0.39, 0.29) is 16.5 Å². The zero-order valence-electron chi connectivity index (χ0n) is 11.5. The number of rotatable bonds is 6. The number of nitro groups is 1. The zero-order chi connectivity index (χ0) is 15.6. The number of hydrogen-bond acceptors (Lipinski definition) is 5. The van der Waals surface area contributed by atoms with Crippen molar-refractivity contribution in [3.63, 3.8) is 0 Å². The molecular weight excluding hydrogens is 304 g/mol. The van der Waals surface area contributed by atoms with Gasteiger partial charge in [-0.1, -0.05) is 11.6 Å². The van der Waals surface area contributed by atoms with Crippen LogP contribution in [0.4, 0.5) is 11.4 Å². The molecule has 0 saturated carbocycles. The highest BCUT2D eigenvalue weighted by Crippen LogP contribution is 2.30. The maximum atomic E-state index is 11.2. The molecule has 0 fully saturated rings. The van der Waals surface area contributed by atoms with E-state index in [1.54, 1.807) is 19.9 Å². The average Bonchev–Trinajstić information content (AvgIpc) is 2.28. The van der Waals surface area contributed by atoms with Crippen molar-refractivity contribution in [2.75, 3.05) is 17.3 Å². The summed E-state index contributed by atoms with van der Waals surface area (Å²) < 4.78 is 22.4. The van der Waals surface area contributed by atoms with Crippen LogP contribution in [0.25, 0.3) is 0 Å². The second kappa shape index (κ2) is 5.97. The molecule has 0 bridgehead atoms. The number of hydrogen-bond donors (Lipinski definition) is 1. The molecule has 0 radical (unpaired) electrons. The number of benzene rings is 1. The fourth-order valence-electron chi connectivity index (χ4n) is 1.63. The molecule has 8 heteroatoms. The van der Waals surface area contributed by atoms with Gasteiger partial charge < -0.3 is 5.32 Å². The van der Waals surface area contributed by atoms with Crippen LogP contribution in [-0.4, -0.2) is 30.9 Å². The van der Waals surface area contributed by atoms with Gasteiger partial charge in [-0.25, -0.2) is 8.42 Å². The third kappa shape index (κ3) is 5.34. The highest BCUT2D eigenvalue weighted by molar-refractivity contribution is 7.90. The van der Waals surface area contributed by atoms with E-state index in [2.05, 4.69) is 5.32 Å². The van der Waals surface area contributed by atoms with Gasteiger partial charge in [-0.2, -0.15) is 0 Å². The maximum absolute atomic E-state index is 11.2. The van der Waals surface area contributed by atoms with Gasteiger partial charge in [-0.05, 0) is 32.4 Å². The molecular formula is C12H17ClN2O4S. The summed E-state index contributed by atoms with van der Waals surface area (Å²) in [5, 5.41) is 14.3. The van der Waals surface area contributed by atoms with Gasteiger partial charge in [-0.15, -0.1) is 0 Å². The summed E-state index contributed by atoms with van der Waals surface area (Å²) in [4.78, 5) is 10.5. The van der Waals surface area contributed by atoms with Crippen molar-refractivity contribution in [3.05, 3.63) is 33.3 Å². The molecule has 0 spiro atoms. The van der Waals surface area contributed by atoms with Crippen molar-refractivity contribution < 1.29 is 13.3 Å². The van der Waals surface area contributed by atoms with Gasteiger partial charge in [0.15, 0.2) is 0 Å². The summed E-state index contributed by atoms with van der Waals surface area (Å²) in [6, 6.07) is 4.32. The second-order valence-electron chi connectivity index (χ2n) is 5.31. The Morgan fingerprint density at radius 3 is 2.50 bits per heavy atom. The van der Waals surface area contributed by atoms with Gasteiger partial charge in [0.2, 0.25) is 0 Å². The third-order valence-electron chi connectivity index (χ3n) is 2.73. The average molecular weight is 321 g/mol.